The zero-order chi connectivity index (χ0) is 21.0. The van der Waals surface area contributed by atoms with Crippen LogP contribution in [0.4, 0.5) is 0 Å². The Hall–Kier alpha value is -1.55. The van der Waals surface area contributed by atoms with E-state index in [0.717, 1.165) is 57.2 Å². The van der Waals surface area contributed by atoms with Crippen molar-refractivity contribution < 1.29 is 9.53 Å². The van der Waals surface area contributed by atoms with Gasteiger partial charge in [-0.1, -0.05) is 18.6 Å². The molecule has 1 saturated carbocycles. The number of guanidine groups is 1. The van der Waals surface area contributed by atoms with Gasteiger partial charge in [0.15, 0.2) is 12.6 Å². The fraction of sp³-hybridized carbons (Fsp3) is 0.652. The lowest BCUT2D eigenvalue weighted by atomic mass is 10.1. The van der Waals surface area contributed by atoms with E-state index in [4.69, 9.17) is 9.73 Å². The number of carbonyl (C=O) groups excluding carboxylic acids is 1. The second-order valence-corrected chi connectivity index (χ2v) is 8.11. The van der Waals surface area contributed by atoms with E-state index in [-0.39, 0.29) is 36.5 Å². The Morgan fingerprint density at radius 2 is 1.87 bits per heavy atom. The molecule has 1 saturated heterocycles. The molecule has 1 amide bonds. The maximum atomic E-state index is 11.7. The second kappa shape index (κ2) is 14.5. The number of rotatable bonds is 11. The molecule has 1 heterocycles. The molecule has 1 aliphatic heterocycles. The lowest BCUT2D eigenvalue weighted by molar-refractivity contribution is -0.123. The van der Waals surface area contributed by atoms with Gasteiger partial charge in [0.05, 0.1) is 6.54 Å². The molecule has 0 unspecified atom stereocenters. The summed E-state index contributed by atoms with van der Waals surface area (Å²) in [5.41, 5.74) is 1.22. The van der Waals surface area contributed by atoms with Gasteiger partial charge in [0.1, 0.15) is 5.75 Å². The van der Waals surface area contributed by atoms with Crippen LogP contribution < -0.4 is 20.7 Å². The Morgan fingerprint density at radius 3 is 2.55 bits per heavy atom. The smallest absolute Gasteiger partial charge is 0.258 e. The van der Waals surface area contributed by atoms with E-state index >= 15 is 0 Å². The van der Waals surface area contributed by atoms with Crippen LogP contribution >= 0.6 is 24.0 Å². The van der Waals surface area contributed by atoms with Crippen LogP contribution in [0, 0.1) is 0 Å². The van der Waals surface area contributed by atoms with Crippen molar-refractivity contribution >= 4 is 35.8 Å². The first-order valence-electron chi connectivity index (χ1n) is 11.5. The van der Waals surface area contributed by atoms with E-state index in [0.29, 0.717) is 6.04 Å². The number of piperidine rings is 1. The summed E-state index contributed by atoms with van der Waals surface area (Å²) in [6.45, 7) is 8.14. The topological polar surface area (TPSA) is 78.0 Å². The number of carbonyl (C=O) groups is 1. The standard InChI is InChI=1S/C23H37N5O2.HI/c1-2-24-23(26-14-17-28-15-4-3-5-16-28)25-13-12-19-6-10-21(11-7-19)30-18-22(29)27-20-8-9-20;/h6-7,10-11,20H,2-5,8-9,12-18H2,1H3,(H,27,29)(H2,24,25,26);1H. The normalized spacial score (nSPS) is 16.9. The summed E-state index contributed by atoms with van der Waals surface area (Å²) in [5.74, 6) is 1.57. The van der Waals surface area contributed by atoms with Gasteiger partial charge in [-0.25, -0.2) is 0 Å². The van der Waals surface area contributed by atoms with Crippen LogP contribution in [0.3, 0.4) is 0 Å². The fourth-order valence-electron chi connectivity index (χ4n) is 3.55. The molecule has 3 rings (SSSR count). The lowest BCUT2D eigenvalue weighted by Crippen LogP contribution is -2.39. The maximum absolute atomic E-state index is 11.7. The molecule has 1 aromatic carbocycles. The Bertz CT molecular complexity index is 673. The number of aliphatic imine (C=N–C) groups is 1. The zero-order valence-electron chi connectivity index (χ0n) is 18.7. The van der Waals surface area contributed by atoms with Crippen LogP contribution in [0.1, 0.15) is 44.6 Å². The van der Waals surface area contributed by atoms with Crippen LogP contribution in [0.2, 0.25) is 0 Å². The molecule has 0 atom stereocenters. The Labute approximate surface area is 203 Å². The molecular formula is C23H38IN5O2. The second-order valence-electron chi connectivity index (χ2n) is 8.11. The third kappa shape index (κ3) is 10.5. The molecule has 0 bridgehead atoms. The van der Waals surface area contributed by atoms with Gasteiger partial charge < -0.3 is 25.6 Å². The van der Waals surface area contributed by atoms with E-state index < -0.39 is 0 Å². The first kappa shape index (κ1) is 25.7. The Balaban J connectivity index is 0.00000341. The third-order valence-corrected chi connectivity index (χ3v) is 5.42. The van der Waals surface area contributed by atoms with E-state index in [2.05, 4.69) is 39.9 Å². The summed E-state index contributed by atoms with van der Waals surface area (Å²) >= 11 is 0. The third-order valence-electron chi connectivity index (χ3n) is 5.42. The summed E-state index contributed by atoms with van der Waals surface area (Å²) in [6, 6.07) is 8.33. The number of benzene rings is 1. The molecule has 0 spiro atoms. The summed E-state index contributed by atoms with van der Waals surface area (Å²) in [6.07, 6.45) is 7.09. The van der Waals surface area contributed by atoms with Crippen molar-refractivity contribution in [2.24, 2.45) is 4.99 Å². The monoisotopic (exact) mass is 543 g/mol. The quantitative estimate of drug-likeness (QED) is 0.227. The molecule has 2 fully saturated rings. The van der Waals surface area contributed by atoms with Crippen LogP contribution in [0.25, 0.3) is 0 Å². The highest BCUT2D eigenvalue weighted by Gasteiger charge is 2.23. The molecule has 8 heteroatoms. The van der Waals surface area contributed by atoms with Gasteiger partial charge in [-0.15, -0.1) is 24.0 Å². The van der Waals surface area contributed by atoms with E-state index in [1.165, 1.54) is 37.9 Å². The zero-order valence-corrected chi connectivity index (χ0v) is 21.0. The molecule has 0 aromatic heterocycles. The number of hydrogen-bond donors (Lipinski definition) is 3. The number of likely N-dealkylation sites (tertiary alicyclic amines) is 1. The number of halogens is 1. The van der Waals surface area contributed by atoms with E-state index in [1.807, 2.05) is 12.1 Å². The number of hydrogen-bond acceptors (Lipinski definition) is 4. The summed E-state index contributed by atoms with van der Waals surface area (Å²) in [7, 11) is 0. The molecule has 2 aliphatic rings. The van der Waals surface area contributed by atoms with E-state index in [1.54, 1.807) is 0 Å². The molecule has 3 N–H and O–H groups in total. The first-order valence-corrected chi connectivity index (χ1v) is 11.5. The minimum atomic E-state index is -0.0405. The van der Waals surface area contributed by atoms with Crippen LogP contribution in [-0.2, 0) is 11.2 Å². The highest BCUT2D eigenvalue weighted by atomic mass is 127. The maximum Gasteiger partial charge on any atom is 0.258 e. The van der Waals surface area contributed by atoms with Crippen molar-refractivity contribution in [3.63, 3.8) is 0 Å². The average Bonchev–Trinajstić information content (AvgIpc) is 3.58. The molecule has 1 aromatic rings. The minimum Gasteiger partial charge on any atom is -0.484 e. The summed E-state index contributed by atoms with van der Waals surface area (Å²) < 4.78 is 5.56. The van der Waals surface area contributed by atoms with E-state index in [9.17, 15) is 4.79 Å². The predicted octanol–water partition coefficient (Wildman–Crippen LogP) is 2.55. The molecule has 174 valence electrons. The molecule has 0 radical (unpaired) electrons. The summed E-state index contributed by atoms with van der Waals surface area (Å²) in [4.78, 5) is 18.9. The number of amides is 1. The van der Waals surface area contributed by atoms with Gasteiger partial charge in [-0.05, 0) is 69.8 Å². The summed E-state index contributed by atoms with van der Waals surface area (Å²) in [5, 5.41) is 9.67. The van der Waals surface area contributed by atoms with Crippen molar-refractivity contribution in [1.29, 1.82) is 0 Å². The van der Waals surface area contributed by atoms with Crippen LogP contribution in [0.5, 0.6) is 5.75 Å². The highest BCUT2D eigenvalue weighted by Crippen LogP contribution is 2.18. The Morgan fingerprint density at radius 1 is 1.13 bits per heavy atom. The molecule has 31 heavy (non-hydrogen) atoms. The van der Waals surface area contributed by atoms with Crippen LogP contribution in [-0.4, -0.2) is 68.7 Å². The fourth-order valence-corrected chi connectivity index (χ4v) is 3.55. The minimum absolute atomic E-state index is 0. The van der Waals surface area contributed by atoms with Gasteiger partial charge in [0.2, 0.25) is 0 Å². The van der Waals surface area contributed by atoms with Gasteiger partial charge in [-0.3, -0.25) is 9.79 Å². The largest absolute Gasteiger partial charge is 0.484 e. The Kier molecular flexibility index (Phi) is 12.0. The van der Waals surface area contributed by atoms with Gasteiger partial charge in [0.25, 0.3) is 5.91 Å². The SMILES string of the molecule is CCNC(=NCCN1CCCCC1)NCCc1ccc(OCC(=O)NC2CC2)cc1.I. The number of ether oxygens (including phenoxy) is 1. The lowest BCUT2D eigenvalue weighted by Gasteiger charge is -2.25. The van der Waals surface area contributed by atoms with Crippen molar-refractivity contribution in [3.8, 4) is 5.75 Å². The van der Waals surface area contributed by atoms with Crippen LogP contribution in [0.15, 0.2) is 29.3 Å². The predicted molar refractivity (Wildman–Crippen MR) is 136 cm³/mol. The first-order chi connectivity index (χ1) is 14.7. The van der Waals surface area contributed by atoms with Gasteiger partial charge in [-0.2, -0.15) is 0 Å². The average molecular weight is 543 g/mol. The molecule has 7 nitrogen and oxygen atoms in total. The van der Waals surface area contributed by atoms with Gasteiger partial charge >= 0.3 is 0 Å². The van der Waals surface area contributed by atoms with Crippen molar-refractivity contribution in [2.75, 3.05) is 45.9 Å². The van der Waals surface area contributed by atoms with Gasteiger partial charge in [0, 0.05) is 25.7 Å². The highest BCUT2D eigenvalue weighted by molar-refractivity contribution is 14.0. The number of nitrogens with one attached hydrogen (secondary N) is 3. The van der Waals surface area contributed by atoms with Crippen molar-refractivity contribution in [3.05, 3.63) is 29.8 Å². The molecular weight excluding hydrogens is 505 g/mol. The van der Waals surface area contributed by atoms with Crippen molar-refractivity contribution in [1.82, 2.24) is 20.9 Å². The molecule has 1 aliphatic carbocycles. The number of nitrogens with zero attached hydrogens (tertiary/aromatic N) is 2. The van der Waals surface area contributed by atoms with Crippen molar-refractivity contribution in [2.45, 2.75) is 51.5 Å².